The van der Waals surface area contributed by atoms with Gasteiger partial charge in [0.15, 0.2) is 0 Å². The van der Waals surface area contributed by atoms with E-state index in [0.717, 1.165) is 6.07 Å². The van der Waals surface area contributed by atoms with Gasteiger partial charge in [-0.05, 0) is 30.7 Å². The fraction of sp³-hybridized carbons (Fsp3) is 0.364. The van der Waals surface area contributed by atoms with Gasteiger partial charge < -0.3 is 15.1 Å². The maximum Gasteiger partial charge on any atom is 0.417 e. The van der Waals surface area contributed by atoms with E-state index in [-0.39, 0.29) is 49.8 Å². The Labute approximate surface area is 188 Å². The van der Waals surface area contributed by atoms with E-state index in [4.69, 9.17) is 0 Å². The lowest BCUT2D eigenvalue weighted by molar-refractivity contribution is -0.384. The summed E-state index contributed by atoms with van der Waals surface area (Å²) in [7, 11) is 0. The van der Waals surface area contributed by atoms with Crippen molar-refractivity contribution in [2.75, 3.05) is 38.0 Å². The molecule has 3 rings (SSSR count). The number of piperazine rings is 1. The quantitative estimate of drug-likeness (QED) is 0.382. The van der Waals surface area contributed by atoms with Crippen LogP contribution in [-0.4, -0.2) is 59.3 Å². The summed E-state index contributed by atoms with van der Waals surface area (Å²) in [6.45, 7) is 1.34. The average Bonchev–Trinajstić information content (AvgIpc) is 2.81. The number of nitro groups is 1. The third-order valence-electron chi connectivity index (χ3n) is 5.36. The molecule has 1 aliphatic rings. The molecule has 0 aliphatic carbocycles. The Hall–Kier alpha value is -3.63. The monoisotopic (exact) mass is 464 g/mol. The van der Waals surface area contributed by atoms with E-state index >= 15 is 0 Å². The minimum Gasteiger partial charge on any atom is -0.385 e. The van der Waals surface area contributed by atoms with Gasteiger partial charge in [-0.15, -0.1) is 0 Å². The number of non-ortho nitro benzene ring substituents is 1. The third-order valence-corrected chi connectivity index (χ3v) is 5.36. The van der Waals surface area contributed by atoms with E-state index < -0.39 is 22.6 Å². The Morgan fingerprint density at radius 2 is 1.58 bits per heavy atom. The van der Waals surface area contributed by atoms with Crippen molar-refractivity contribution in [3.8, 4) is 0 Å². The summed E-state index contributed by atoms with van der Waals surface area (Å²) in [4.78, 5) is 38.2. The van der Waals surface area contributed by atoms with E-state index in [2.05, 4.69) is 5.32 Å². The normalized spacial score (nSPS) is 14.2. The maximum absolute atomic E-state index is 13.2. The number of carbonyl (C=O) groups is 2. The third kappa shape index (κ3) is 6.21. The number of anilines is 1. The molecule has 1 aliphatic heterocycles. The van der Waals surface area contributed by atoms with E-state index in [1.807, 2.05) is 0 Å². The highest BCUT2D eigenvalue weighted by Gasteiger charge is 2.36. The summed E-state index contributed by atoms with van der Waals surface area (Å²) in [5.74, 6) is -0.786. The molecule has 0 aromatic heterocycles. The number of nitrogens with one attached hydrogen (secondary N) is 1. The second-order valence-corrected chi connectivity index (χ2v) is 7.55. The van der Waals surface area contributed by atoms with Crippen LogP contribution in [0, 0.1) is 10.1 Å². The molecule has 0 spiro atoms. The van der Waals surface area contributed by atoms with Crippen LogP contribution in [0.25, 0.3) is 0 Å². The molecule has 1 N–H and O–H groups in total. The highest BCUT2D eigenvalue weighted by molar-refractivity contribution is 5.96. The van der Waals surface area contributed by atoms with Gasteiger partial charge in [-0.3, -0.25) is 19.7 Å². The standard InChI is InChI=1S/C22H23F3N4O4/c23-22(24,25)19-5-2-1-4-18(19)21(31)28-14-12-27(13-15-28)20(30)6-3-11-26-16-7-9-17(10-8-16)29(32)33/h1-2,4-5,7-10,26H,3,6,11-15H2. The summed E-state index contributed by atoms with van der Waals surface area (Å²) >= 11 is 0. The van der Waals surface area contributed by atoms with Gasteiger partial charge in [-0.25, -0.2) is 0 Å². The first-order chi connectivity index (χ1) is 15.7. The van der Waals surface area contributed by atoms with Crippen LogP contribution in [0.4, 0.5) is 24.5 Å². The molecule has 0 unspecified atom stereocenters. The van der Waals surface area contributed by atoms with Gasteiger partial charge in [0.25, 0.3) is 11.6 Å². The van der Waals surface area contributed by atoms with Crippen molar-refractivity contribution in [1.82, 2.24) is 9.80 Å². The van der Waals surface area contributed by atoms with E-state index in [1.54, 1.807) is 17.0 Å². The first-order valence-electron chi connectivity index (χ1n) is 10.4. The van der Waals surface area contributed by atoms with E-state index in [9.17, 15) is 32.9 Å². The molecule has 2 aromatic carbocycles. The number of alkyl halides is 3. The number of carbonyl (C=O) groups excluding carboxylic acids is 2. The second kappa shape index (κ2) is 10.3. The Morgan fingerprint density at radius 3 is 2.18 bits per heavy atom. The molecule has 176 valence electrons. The summed E-state index contributed by atoms with van der Waals surface area (Å²) in [6, 6.07) is 10.7. The van der Waals surface area contributed by atoms with Crippen LogP contribution in [0.3, 0.4) is 0 Å². The van der Waals surface area contributed by atoms with Crippen molar-refractivity contribution >= 4 is 23.2 Å². The molecular weight excluding hydrogens is 441 g/mol. The summed E-state index contributed by atoms with van der Waals surface area (Å²) < 4.78 is 39.6. The van der Waals surface area contributed by atoms with Gasteiger partial charge in [0.05, 0.1) is 16.1 Å². The average molecular weight is 464 g/mol. The van der Waals surface area contributed by atoms with Gasteiger partial charge in [0.1, 0.15) is 0 Å². The van der Waals surface area contributed by atoms with Gasteiger partial charge in [-0.2, -0.15) is 13.2 Å². The molecule has 1 heterocycles. The van der Waals surface area contributed by atoms with Crippen LogP contribution >= 0.6 is 0 Å². The highest BCUT2D eigenvalue weighted by Crippen LogP contribution is 2.32. The number of hydrogen-bond acceptors (Lipinski definition) is 5. The van der Waals surface area contributed by atoms with Crippen molar-refractivity contribution < 1.29 is 27.7 Å². The number of hydrogen-bond donors (Lipinski definition) is 1. The zero-order valence-corrected chi connectivity index (χ0v) is 17.7. The van der Waals surface area contributed by atoms with Crippen LogP contribution in [0.15, 0.2) is 48.5 Å². The van der Waals surface area contributed by atoms with Crippen molar-refractivity contribution in [3.63, 3.8) is 0 Å². The molecule has 8 nitrogen and oxygen atoms in total. The van der Waals surface area contributed by atoms with E-state index in [1.165, 1.54) is 35.2 Å². The fourth-order valence-corrected chi connectivity index (χ4v) is 3.58. The summed E-state index contributed by atoms with van der Waals surface area (Å²) in [5.41, 5.74) is -0.648. The lowest BCUT2D eigenvalue weighted by Gasteiger charge is -2.35. The SMILES string of the molecule is O=C(CCCNc1ccc([N+](=O)[O-])cc1)N1CCN(C(=O)c2ccccc2C(F)(F)F)CC1. The molecule has 2 aromatic rings. The van der Waals surface area contributed by atoms with Crippen LogP contribution in [-0.2, 0) is 11.0 Å². The van der Waals surface area contributed by atoms with Gasteiger partial charge in [0, 0.05) is 57.0 Å². The molecule has 0 atom stereocenters. The summed E-state index contributed by atoms with van der Waals surface area (Å²) in [6.07, 6.45) is -3.81. The van der Waals surface area contributed by atoms with Crippen molar-refractivity contribution in [1.29, 1.82) is 0 Å². The highest BCUT2D eigenvalue weighted by atomic mass is 19.4. The molecule has 33 heavy (non-hydrogen) atoms. The number of nitro benzene ring substituents is 1. The Balaban J connectivity index is 1.44. The smallest absolute Gasteiger partial charge is 0.385 e. The topological polar surface area (TPSA) is 95.8 Å². The van der Waals surface area contributed by atoms with Gasteiger partial charge in [0.2, 0.25) is 5.91 Å². The maximum atomic E-state index is 13.2. The first-order valence-corrected chi connectivity index (χ1v) is 10.4. The number of amides is 2. The minimum atomic E-state index is -4.62. The lowest BCUT2D eigenvalue weighted by atomic mass is 10.1. The molecule has 1 fully saturated rings. The summed E-state index contributed by atoms with van der Waals surface area (Å²) in [5, 5.41) is 13.7. The zero-order valence-electron chi connectivity index (χ0n) is 17.7. The molecule has 2 amide bonds. The molecule has 1 saturated heterocycles. The number of halogens is 3. The fourth-order valence-electron chi connectivity index (χ4n) is 3.58. The predicted molar refractivity (Wildman–Crippen MR) is 115 cm³/mol. The molecular formula is C22H23F3N4O4. The minimum absolute atomic E-state index is 0.00440. The Kier molecular flexibility index (Phi) is 7.52. The molecule has 0 saturated carbocycles. The van der Waals surface area contributed by atoms with Crippen molar-refractivity contribution in [2.24, 2.45) is 0 Å². The van der Waals surface area contributed by atoms with Crippen molar-refractivity contribution in [2.45, 2.75) is 19.0 Å². The first kappa shape index (κ1) is 24.0. The van der Waals surface area contributed by atoms with Gasteiger partial charge in [-0.1, -0.05) is 12.1 Å². The molecule has 11 heteroatoms. The van der Waals surface area contributed by atoms with Gasteiger partial charge >= 0.3 is 6.18 Å². The van der Waals surface area contributed by atoms with Crippen LogP contribution < -0.4 is 5.32 Å². The molecule has 0 bridgehead atoms. The Bertz CT molecular complexity index is 1000. The van der Waals surface area contributed by atoms with Crippen LogP contribution in [0.5, 0.6) is 0 Å². The number of benzene rings is 2. The second-order valence-electron chi connectivity index (χ2n) is 7.55. The lowest BCUT2D eigenvalue weighted by Crippen LogP contribution is -2.50. The zero-order chi connectivity index (χ0) is 24.0. The van der Waals surface area contributed by atoms with Crippen molar-refractivity contribution in [3.05, 3.63) is 69.8 Å². The largest absolute Gasteiger partial charge is 0.417 e. The molecule has 0 radical (unpaired) electrons. The van der Waals surface area contributed by atoms with Crippen LogP contribution in [0.2, 0.25) is 0 Å². The van der Waals surface area contributed by atoms with Crippen LogP contribution in [0.1, 0.15) is 28.8 Å². The Morgan fingerprint density at radius 1 is 0.970 bits per heavy atom. The number of nitrogens with zero attached hydrogens (tertiary/aromatic N) is 3. The number of rotatable bonds is 7. The van der Waals surface area contributed by atoms with E-state index in [0.29, 0.717) is 18.7 Å². The predicted octanol–water partition coefficient (Wildman–Crippen LogP) is 3.79.